The highest BCUT2D eigenvalue weighted by Gasteiger charge is 2.18. The lowest BCUT2D eigenvalue weighted by atomic mass is 10.4. The maximum absolute atomic E-state index is 12.0. The summed E-state index contributed by atoms with van der Waals surface area (Å²) in [4.78, 5) is 0.287. The van der Waals surface area contributed by atoms with Crippen LogP contribution in [0.2, 0.25) is 0 Å². The smallest absolute Gasteiger partial charge is 0.242 e. The molecule has 6 heteroatoms. The van der Waals surface area contributed by atoms with Gasteiger partial charge in [0, 0.05) is 24.5 Å². The number of hydrogen-bond acceptors (Lipinski definition) is 2. The van der Waals surface area contributed by atoms with Crippen molar-refractivity contribution in [1.82, 2.24) is 9.29 Å². The Balaban J connectivity index is 3.07. The molecule has 0 saturated heterocycles. The Labute approximate surface area is 108 Å². The van der Waals surface area contributed by atoms with E-state index in [0.29, 0.717) is 5.88 Å². The molecule has 0 saturated carbocycles. The van der Waals surface area contributed by atoms with Crippen LogP contribution in [-0.4, -0.2) is 19.0 Å². The lowest BCUT2D eigenvalue weighted by Crippen LogP contribution is -2.29. The van der Waals surface area contributed by atoms with Gasteiger partial charge in [0.05, 0.1) is 10.8 Å². The highest BCUT2D eigenvalue weighted by molar-refractivity contribution is 7.89. The van der Waals surface area contributed by atoms with Gasteiger partial charge < -0.3 is 4.57 Å². The van der Waals surface area contributed by atoms with Gasteiger partial charge >= 0.3 is 0 Å². The van der Waals surface area contributed by atoms with Gasteiger partial charge in [-0.1, -0.05) is 6.92 Å². The molecule has 0 aliphatic carbocycles. The second-order valence-electron chi connectivity index (χ2n) is 4.27. The molecular weight excluding hydrogens is 260 g/mol. The van der Waals surface area contributed by atoms with E-state index in [-0.39, 0.29) is 10.9 Å². The van der Waals surface area contributed by atoms with E-state index in [1.807, 2.05) is 11.5 Å². The van der Waals surface area contributed by atoms with E-state index in [2.05, 4.69) is 4.72 Å². The van der Waals surface area contributed by atoms with Crippen molar-refractivity contribution in [2.24, 2.45) is 0 Å². The zero-order valence-electron chi connectivity index (χ0n) is 10.4. The number of aryl methyl sites for hydroxylation is 1. The molecule has 1 heterocycles. The average Bonchev–Trinajstić information content (AvgIpc) is 2.60. The molecule has 0 aliphatic rings. The van der Waals surface area contributed by atoms with Crippen LogP contribution in [0.1, 0.15) is 32.9 Å². The maximum Gasteiger partial charge on any atom is 0.242 e. The van der Waals surface area contributed by atoms with Crippen molar-refractivity contribution < 1.29 is 8.42 Å². The first-order valence-electron chi connectivity index (χ1n) is 5.68. The predicted octanol–water partition coefficient (Wildman–Crippen LogP) is 2.32. The molecule has 98 valence electrons. The third-order valence-corrected chi connectivity index (χ3v) is 4.16. The van der Waals surface area contributed by atoms with Gasteiger partial charge in [0.2, 0.25) is 10.0 Å². The molecule has 0 aromatic carbocycles. The summed E-state index contributed by atoms with van der Waals surface area (Å²) in [5.41, 5.74) is 0.831. The number of nitrogens with zero attached hydrogens (tertiary/aromatic N) is 1. The van der Waals surface area contributed by atoms with Crippen molar-refractivity contribution in [2.75, 3.05) is 0 Å². The molecule has 0 aliphatic heterocycles. The SMILES string of the molecule is CCCn1cc(S(=O)(=O)NC(C)C)cc1CCl. The molecule has 0 spiro atoms. The van der Waals surface area contributed by atoms with Gasteiger partial charge in [0.1, 0.15) is 0 Å². The first kappa shape index (κ1) is 14.5. The largest absolute Gasteiger partial charge is 0.349 e. The Morgan fingerprint density at radius 2 is 2.12 bits per heavy atom. The Morgan fingerprint density at radius 1 is 1.47 bits per heavy atom. The first-order chi connectivity index (χ1) is 7.90. The van der Waals surface area contributed by atoms with Crippen LogP contribution >= 0.6 is 11.6 Å². The van der Waals surface area contributed by atoms with Gasteiger partial charge in [-0.05, 0) is 26.3 Å². The molecule has 0 amide bonds. The lowest BCUT2D eigenvalue weighted by Gasteiger charge is -2.07. The van der Waals surface area contributed by atoms with Crippen LogP contribution in [0.5, 0.6) is 0 Å². The van der Waals surface area contributed by atoms with Gasteiger partial charge in [0.25, 0.3) is 0 Å². The minimum absolute atomic E-state index is 0.117. The second-order valence-corrected chi connectivity index (χ2v) is 6.25. The van der Waals surface area contributed by atoms with Crippen molar-refractivity contribution >= 4 is 21.6 Å². The van der Waals surface area contributed by atoms with Crippen LogP contribution in [0.15, 0.2) is 17.2 Å². The van der Waals surface area contributed by atoms with Crippen LogP contribution < -0.4 is 4.72 Å². The zero-order valence-corrected chi connectivity index (χ0v) is 12.0. The molecule has 1 rings (SSSR count). The summed E-state index contributed by atoms with van der Waals surface area (Å²) in [5.74, 6) is 0.317. The van der Waals surface area contributed by atoms with Gasteiger partial charge in [-0.15, -0.1) is 11.6 Å². The number of nitrogens with one attached hydrogen (secondary N) is 1. The molecule has 0 atom stereocenters. The van der Waals surface area contributed by atoms with Crippen LogP contribution in [0.3, 0.4) is 0 Å². The average molecular weight is 279 g/mol. The molecule has 0 unspecified atom stereocenters. The third-order valence-electron chi connectivity index (χ3n) is 2.26. The summed E-state index contributed by atoms with van der Waals surface area (Å²) < 4.78 is 28.4. The summed E-state index contributed by atoms with van der Waals surface area (Å²) in [7, 11) is -3.42. The molecule has 1 N–H and O–H groups in total. The Kier molecular flexibility index (Phi) is 5.04. The van der Waals surface area contributed by atoms with Crippen molar-refractivity contribution in [3.8, 4) is 0 Å². The van der Waals surface area contributed by atoms with Gasteiger partial charge in [-0.2, -0.15) is 0 Å². The summed E-state index contributed by atoms with van der Waals surface area (Å²) in [6.45, 7) is 6.41. The summed E-state index contributed by atoms with van der Waals surface area (Å²) in [6.07, 6.45) is 2.58. The minimum atomic E-state index is -3.42. The monoisotopic (exact) mass is 278 g/mol. The molecule has 1 aromatic heterocycles. The Hall–Kier alpha value is -0.520. The van der Waals surface area contributed by atoms with Gasteiger partial charge in [-0.3, -0.25) is 0 Å². The van der Waals surface area contributed by atoms with Crippen molar-refractivity contribution in [1.29, 1.82) is 0 Å². The normalized spacial score (nSPS) is 12.3. The number of aromatic nitrogens is 1. The molecule has 17 heavy (non-hydrogen) atoms. The summed E-state index contributed by atoms with van der Waals surface area (Å²) in [6, 6.07) is 1.52. The van der Waals surface area contributed by atoms with Crippen molar-refractivity contribution in [3.63, 3.8) is 0 Å². The maximum atomic E-state index is 12.0. The van der Waals surface area contributed by atoms with E-state index < -0.39 is 10.0 Å². The fourth-order valence-corrected chi connectivity index (χ4v) is 3.16. The summed E-state index contributed by atoms with van der Waals surface area (Å²) in [5, 5.41) is 0. The fraction of sp³-hybridized carbons (Fsp3) is 0.636. The van der Waals surface area contributed by atoms with Crippen LogP contribution in [0, 0.1) is 0 Å². The molecular formula is C11H19ClN2O2S. The van der Waals surface area contributed by atoms with Gasteiger partial charge in [0.15, 0.2) is 0 Å². The molecule has 0 radical (unpaired) electrons. The summed E-state index contributed by atoms with van der Waals surface area (Å²) >= 11 is 5.80. The van der Waals surface area contributed by atoms with Crippen LogP contribution in [0.4, 0.5) is 0 Å². The topological polar surface area (TPSA) is 51.1 Å². The minimum Gasteiger partial charge on any atom is -0.349 e. The van der Waals surface area contributed by atoms with Gasteiger partial charge in [-0.25, -0.2) is 13.1 Å². The standard InChI is InChI=1S/C11H19ClN2O2S/c1-4-5-14-8-11(6-10(14)7-12)17(15,16)13-9(2)3/h6,8-9,13H,4-5,7H2,1-3H3. The second kappa shape index (κ2) is 5.89. The number of rotatable bonds is 6. The highest BCUT2D eigenvalue weighted by atomic mass is 35.5. The quantitative estimate of drug-likeness (QED) is 0.812. The fourth-order valence-electron chi connectivity index (χ4n) is 1.61. The van der Waals surface area contributed by atoms with E-state index in [0.717, 1.165) is 18.7 Å². The number of halogens is 1. The highest BCUT2D eigenvalue weighted by Crippen LogP contribution is 2.17. The predicted molar refractivity (Wildman–Crippen MR) is 69.7 cm³/mol. The molecule has 0 fully saturated rings. The Morgan fingerprint density at radius 3 is 2.59 bits per heavy atom. The van der Waals surface area contributed by atoms with Crippen LogP contribution in [0.25, 0.3) is 0 Å². The third kappa shape index (κ3) is 3.72. The van der Waals surface area contributed by atoms with E-state index in [9.17, 15) is 8.42 Å². The molecule has 1 aromatic rings. The number of alkyl halides is 1. The Bertz CT molecular complexity index is 466. The molecule has 4 nitrogen and oxygen atoms in total. The first-order valence-corrected chi connectivity index (χ1v) is 7.69. The lowest BCUT2D eigenvalue weighted by molar-refractivity contribution is 0.569. The van der Waals surface area contributed by atoms with E-state index in [1.54, 1.807) is 26.1 Å². The zero-order chi connectivity index (χ0) is 13.1. The van der Waals surface area contributed by atoms with E-state index in [4.69, 9.17) is 11.6 Å². The molecule has 0 bridgehead atoms. The van der Waals surface area contributed by atoms with Crippen molar-refractivity contribution in [3.05, 3.63) is 18.0 Å². The van der Waals surface area contributed by atoms with Crippen LogP contribution in [-0.2, 0) is 22.4 Å². The van der Waals surface area contributed by atoms with E-state index in [1.165, 1.54) is 0 Å². The van der Waals surface area contributed by atoms with Crippen molar-refractivity contribution in [2.45, 2.75) is 50.6 Å². The van der Waals surface area contributed by atoms with E-state index >= 15 is 0 Å². The number of sulfonamides is 1. The number of hydrogen-bond donors (Lipinski definition) is 1.